The summed E-state index contributed by atoms with van der Waals surface area (Å²) in [6, 6.07) is 5.10. The molecular weight excluding hydrogens is 410 g/mol. The lowest BCUT2D eigenvalue weighted by Gasteiger charge is -2.34. The molecular formula is C23H37N5O4. The molecule has 0 spiro atoms. The predicted octanol–water partition coefficient (Wildman–Crippen LogP) is 2.78. The van der Waals surface area contributed by atoms with E-state index in [1.165, 1.54) is 19.3 Å². The van der Waals surface area contributed by atoms with Crippen LogP contribution in [0, 0.1) is 0 Å². The Morgan fingerprint density at radius 3 is 2.50 bits per heavy atom. The van der Waals surface area contributed by atoms with Crippen LogP contribution in [0.2, 0.25) is 0 Å². The first-order valence-electron chi connectivity index (χ1n) is 11.4. The molecule has 3 rings (SSSR count). The number of nitrogens with one attached hydrogen (secondary N) is 1. The third-order valence-corrected chi connectivity index (χ3v) is 6.27. The summed E-state index contributed by atoms with van der Waals surface area (Å²) >= 11 is 0. The fourth-order valence-corrected chi connectivity index (χ4v) is 4.41. The van der Waals surface area contributed by atoms with Gasteiger partial charge in [0.1, 0.15) is 11.5 Å². The molecule has 1 N–H and O–H groups in total. The van der Waals surface area contributed by atoms with Crippen molar-refractivity contribution in [2.45, 2.75) is 31.7 Å². The highest BCUT2D eigenvalue weighted by atomic mass is 16.5. The van der Waals surface area contributed by atoms with Gasteiger partial charge in [0.2, 0.25) is 0 Å². The Bertz CT molecular complexity index is 782. The standard InChI is InChI=1S/C23H37N5O4/c1-25(2)23(30)28(15-14-26-11-6-5-7-12-26)18-10-13-27(17-18)22(29)24-20-16-19(31-3)8-9-21(20)32-4/h8-9,16,18H,5-7,10-15,17H2,1-4H3,(H,24,29). The smallest absolute Gasteiger partial charge is 0.322 e. The van der Waals surface area contributed by atoms with Crippen LogP contribution in [0.5, 0.6) is 11.5 Å². The SMILES string of the molecule is COc1ccc(OC)c(NC(=O)N2CCC(N(CCN3CCCCC3)C(=O)N(C)C)C2)c1. The lowest BCUT2D eigenvalue weighted by Crippen LogP contribution is -2.50. The largest absolute Gasteiger partial charge is 0.497 e. The zero-order valence-corrected chi connectivity index (χ0v) is 19.8. The zero-order valence-electron chi connectivity index (χ0n) is 19.8. The van der Waals surface area contributed by atoms with Crippen molar-refractivity contribution in [3.05, 3.63) is 18.2 Å². The average Bonchev–Trinajstić information content (AvgIpc) is 3.29. The molecule has 1 aromatic rings. The molecule has 2 heterocycles. The van der Waals surface area contributed by atoms with E-state index in [-0.39, 0.29) is 18.1 Å². The number of likely N-dealkylation sites (tertiary alicyclic amines) is 2. The van der Waals surface area contributed by atoms with Crippen molar-refractivity contribution in [3.63, 3.8) is 0 Å². The van der Waals surface area contributed by atoms with Crippen molar-refractivity contribution in [1.82, 2.24) is 19.6 Å². The minimum atomic E-state index is -0.202. The molecule has 0 radical (unpaired) electrons. The highest BCUT2D eigenvalue weighted by Gasteiger charge is 2.34. The van der Waals surface area contributed by atoms with Gasteiger partial charge in [-0.15, -0.1) is 0 Å². The number of carbonyl (C=O) groups is 2. The zero-order chi connectivity index (χ0) is 23.1. The van der Waals surface area contributed by atoms with E-state index in [4.69, 9.17) is 9.47 Å². The van der Waals surface area contributed by atoms with E-state index in [1.54, 1.807) is 56.3 Å². The topological polar surface area (TPSA) is 77.6 Å². The third-order valence-electron chi connectivity index (χ3n) is 6.27. The van der Waals surface area contributed by atoms with Crippen LogP contribution >= 0.6 is 0 Å². The molecule has 0 saturated carbocycles. The molecule has 1 atom stereocenters. The molecule has 4 amide bonds. The Labute approximate surface area is 191 Å². The van der Waals surface area contributed by atoms with Crippen LogP contribution in [-0.4, -0.2) is 105 Å². The second-order valence-electron chi connectivity index (χ2n) is 8.66. The van der Waals surface area contributed by atoms with E-state index >= 15 is 0 Å². The van der Waals surface area contributed by atoms with Gasteiger partial charge in [0.15, 0.2) is 0 Å². The number of rotatable bonds is 7. The minimum Gasteiger partial charge on any atom is -0.497 e. The maximum absolute atomic E-state index is 13.0. The third kappa shape index (κ3) is 5.97. The van der Waals surface area contributed by atoms with Gasteiger partial charge in [0.05, 0.1) is 25.9 Å². The summed E-state index contributed by atoms with van der Waals surface area (Å²) in [5.41, 5.74) is 0.562. The van der Waals surface area contributed by atoms with Gasteiger partial charge in [-0.25, -0.2) is 9.59 Å². The molecule has 0 aromatic heterocycles. The molecule has 2 aliphatic rings. The van der Waals surface area contributed by atoms with Gasteiger partial charge in [-0.3, -0.25) is 0 Å². The van der Waals surface area contributed by atoms with Crippen molar-refractivity contribution in [2.75, 3.05) is 72.9 Å². The number of anilines is 1. The van der Waals surface area contributed by atoms with Crippen LogP contribution in [0.4, 0.5) is 15.3 Å². The molecule has 1 unspecified atom stereocenters. The number of hydrogen-bond acceptors (Lipinski definition) is 5. The summed E-state index contributed by atoms with van der Waals surface area (Å²) in [5.74, 6) is 1.21. The first kappa shape index (κ1) is 24.0. The second kappa shape index (κ2) is 11.3. The average molecular weight is 448 g/mol. The Morgan fingerprint density at radius 1 is 1.09 bits per heavy atom. The summed E-state index contributed by atoms with van der Waals surface area (Å²) in [6.45, 7) is 4.88. The molecule has 0 aliphatic carbocycles. The van der Waals surface area contributed by atoms with Crippen molar-refractivity contribution >= 4 is 17.7 Å². The predicted molar refractivity (Wildman–Crippen MR) is 125 cm³/mol. The van der Waals surface area contributed by atoms with E-state index in [0.717, 1.165) is 26.1 Å². The number of urea groups is 2. The quantitative estimate of drug-likeness (QED) is 0.696. The molecule has 32 heavy (non-hydrogen) atoms. The molecule has 0 bridgehead atoms. The molecule has 9 nitrogen and oxygen atoms in total. The van der Waals surface area contributed by atoms with E-state index in [2.05, 4.69) is 10.2 Å². The number of ether oxygens (including phenoxy) is 2. The van der Waals surface area contributed by atoms with Gasteiger partial charge < -0.3 is 34.4 Å². The van der Waals surface area contributed by atoms with Crippen molar-refractivity contribution in [3.8, 4) is 11.5 Å². The number of carbonyl (C=O) groups excluding carboxylic acids is 2. The lowest BCUT2D eigenvalue weighted by atomic mass is 10.1. The Kier molecular flexibility index (Phi) is 8.44. The number of hydrogen-bond donors (Lipinski definition) is 1. The van der Waals surface area contributed by atoms with Crippen LogP contribution in [0.15, 0.2) is 18.2 Å². The Balaban J connectivity index is 1.62. The van der Waals surface area contributed by atoms with E-state index in [1.807, 2.05) is 4.90 Å². The summed E-state index contributed by atoms with van der Waals surface area (Å²) in [4.78, 5) is 33.6. The number of piperidine rings is 1. The van der Waals surface area contributed by atoms with Gasteiger partial charge in [-0.1, -0.05) is 6.42 Å². The number of benzene rings is 1. The fourth-order valence-electron chi connectivity index (χ4n) is 4.41. The van der Waals surface area contributed by atoms with Crippen molar-refractivity contribution < 1.29 is 19.1 Å². The fraction of sp³-hybridized carbons (Fsp3) is 0.652. The second-order valence-corrected chi connectivity index (χ2v) is 8.66. The van der Waals surface area contributed by atoms with Crippen molar-refractivity contribution in [1.29, 1.82) is 0 Å². The Morgan fingerprint density at radius 2 is 1.84 bits per heavy atom. The first-order valence-corrected chi connectivity index (χ1v) is 11.4. The van der Waals surface area contributed by atoms with Gasteiger partial charge in [-0.05, 0) is 44.5 Å². The Hall–Kier alpha value is -2.68. The number of nitrogens with zero attached hydrogens (tertiary/aromatic N) is 4. The normalized spacial score (nSPS) is 18.9. The molecule has 1 aromatic carbocycles. The molecule has 178 valence electrons. The van der Waals surface area contributed by atoms with Crippen molar-refractivity contribution in [2.24, 2.45) is 0 Å². The van der Waals surface area contributed by atoms with Crippen LogP contribution in [0.3, 0.4) is 0 Å². The lowest BCUT2D eigenvalue weighted by molar-refractivity contribution is 0.132. The van der Waals surface area contributed by atoms with Crippen LogP contribution in [0.1, 0.15) is 25.7 Å². The van der Waals surface area contributed by atoms with E-state index < -0.39 is 0 Å². The maximum atomic E-state index is 13.0. The highest BCUT2D eigenvalue weighted by molar-refractivity contribution is 5.91. The van der Waals surface area contributed by atoms with Crippen LogP contribution < -0.4 is 14.8 Å². The van der Waals surface area contributed by atoms with Crippen LogP contribution in [0.25, 0.3) is 0 Å². The molecule has 2 saturated heterocycles. The monoisotopic (exact) mass is 447 g/mol. The minimum absolute atomic E-state index is 0.00346. The highest BCUT2D eigenvalue weighted by Crippen LogP contribution is 2.29. The molecule has 2 aliphatic heterocycles. The van der Waals surface area contributed by atoms with Crippen LogP contribution in [-0.2, 0) is 0 Å². The van der Waals surface area contributed by atoms with Gasteiger partial charge >= 0.3 is 12.1 Å². The molecule has 2 fully saturated rings. The summed E-state index contributed by atoms with van der Waals surface area (Å²) < 4.78 is 10.6. The number of amides is 4. The van der Waals surface area contributed by atoms with E-state index in [9.17, 15) is 9.59 Å². The van der Waals surface area contributed by atoms with Gasteiger partial charge in [0, 0.05) is 46.3 Å². The van der Waals surface area contributed by atoms with Gasteiger partial charge in [-0.2, -0.15) is 0 Å². The summed E-state index contributed by atoms with van der Waals surface area (Å²) in [5, 5.41) is 2.93. The maximum Gasteiger partial charge on any atom is 0.322 e. The van der Waals surface area contributed by atoms with E-state index in [0.29, 0.717) is 36.8 Å². The van der Waals surface area contributed by atoms with Gasteiger partial charge in [0.25, 0.3) is 0 Å². The first-order chi connectivity index (χ1) is 15.4. The number of methoxy groups -OCH3 is 2. The summed E-state index contributed by atoms with van der Waals surface area (Å²) in [7, 11) is 6.71. The molecule has 9 heteroatoms. The summed E-state index contributed by atoms with van der Waals surface area (Å²) in [6.07, 6.45) is 4.52.